The average molecular weight is 771 g/mol. The summed E-state index contributed by atoms with van der Waals surface area (Å²) < 4.78 is 65.0. The Bertz CT molecular complexity index is 1490. The minimum atomic E-state index is -3.48. The molecule has 0 spiro atoms. The Balaban J connectivity index is -0.000000218. The summed E-state index contributed by atoms with van der Waals surface area (Å²) in [6.45, 7) is 16.5. The van der Waals surface area contributed by atoms with Crippen LogP contribution in [0.4, 0.5) is 11.4 Å². The molecule has 2 atom stereocenters. The predicted molar refractivity (Wildman–Crippen MR) is 193 cm³/mol. The normalized spacial score (nSPS) is 15.9. The summed E-state index contributed by atoms with van der Waals surface area (Å²) in [4.78, 5) is 8.80. The molecule has 0 saturated heterocycles. The molecule has 2 aromatic rings. The van der Waals surface area contributed by atoms with Gasteiger partial charge in [0, 0.05) is 23.6 Å². The number of sulfonamides is 2. The van der Waals surface area contributed by atoms with E-state index >= 15 is 0 Å². The van der Waals surface area contributed by atoms with E-state index in [1.54, 1.807) is 0 Å². The summed E-state index contributed by atoms with van der Waals surface area (Å²) in [5.74, 6) is 0.956. The van der Waals surface area contributed by atoms with Crippen LogP contribution in [0.2, 0.25) is 0 Å². The quantitative estimate of drug-likeness (QED) is 0.274. The largest absolute Gasteiger partial charge is 3.00 e. The van der Waals surface area contributed by atoms with Gasteiger partial charge in [-0.05, 0) is 89.8 Å². The fourth-order valence-corrected chi connectivity index (χ4v) is 5.41. The first-order valence-corrected chi connectivity index (χ1v) is 16.6. The fourth-order valence-electron chi connectivity index (χ4n) is 4.27. The van der Waals surface area contributed by atoms with E-state index in [9.17, 15) is 16.8 Å². The Morgan fingerprint density at radius 1 is 0.617 bits per heavy atom. The van der Waals surface area contributed by atoms with Crippen molar-refractivity contribution in [3.05, 3.63) is 95.8 Å². The Morgan fingerprint density at radius 2 is 0.894 bits per heavy atom. The van der Waals surface area contributed by atoms with Crippen molar-refractivity contribution in [2.75, 3.05) is 25.7 Å². The zero-order chi connectivity index (χ0) is 30.2. The van der Waals surface area contributed by atoms with Gasteiger partial charge >= 0.3 is 34.7 Å². The van der Waals surface area contributed by atoms with Gasteiger partial charge in [-0.15, -0.1) is 11.4 Å². The first-order valence-electron chi connectivity index (χ1n) is 12.9. The van der Waals surface area contributed by atoms with Crippen molar-refractivity contribution in [1.82, 2.24) is 0 Å². The van der Waals surface area contributed by atoms with Gasteiger partial charge in [-0.3, -0.25) is 0 Å². The molecule has 47 heavy (non-hydrogen) atoms. The van der Waals surface area contributed by atoms with Crippen LogP contribution in [0.1, 0.15) is 65.8 Å². The Morgan fingerprint density at radius 3 is 1.11 bits per heavy atom. The number of rotatable bonds is 6. The second kappa shape index (κ2) is 21.1. The van der Waals surface area contributed by atoms with Crippen molar-refractivity contribution in [2.45, 2.75) is 74.9 Å². The standard InChI is InChI=1S/2C14H19N2O3S.CH4.4CH3.2Cr/c2*1-8-6-12(14-15-9(2)7-19-14)13(11(4)10(8)3)16-20(5,17)18;;;;;;;/h2*6,9H,7H2,1-5H3;1H4;4*1H3;;/q2*-1;;4*-1;2*+3/t2*9-;;;;;;;/m10......./s1. The molecule has 266 valence electrons. The van der Waals surface area contributed by atoms with E-state index in [0.717, 1.165) is 45.9 Å². The van der Waals surface area contributed by atoms with E-state index in [0.29, 0.717) is 47.5 Å². The topological polar surface area (TPSA) is 140 Å². The molecule has 14 heteroatoms. The molecule has 10 nitrogen and oxygen atoms in total. The van der Waals surface area contributed by atoms with E-state index in [-0.39, 0.29) is 83.9 Å². The van der Waals surface area contributed by atoms with Gasteiger partial charge in [-0.2, -0.15) is 0 Å². The monoisotopic (exact) mass is 770 g/mol. The predicted octanol–water partition coefficient (Wildman–Crippen LogP) is 7.92. The molecular formula is C33H54Cr2N4O6S2. The molecule has 0 N–H and O–H groups in total. The molecule has 0 fully saturated rings. The van der Waals surface area contributed by atoms with Gasteiger partial charge in [0.15, 0.2) is 0 Å². The Labute approximate surface area is 309 Å². The molecular weight excluding hydrogens is 717 g/mol. The smallest absolute Gasteiger partial charge is 0.576 e. The number of aryl methyl sites for hydroxylation is 2. The first-order chi connectivity index (χ1) is 18.4. The summed E-state index contributed by atoms with van der Waals surface area (Å²) in [7, 11) is -6.96. The van der Waals surface area contributed by atoms with Crippen LogP contribution in [0.15, 0.2) is 22.1 Å². The van der Waals surface area contributed by atoms with Crippen molar-refractivity contribution >= 4 is 43.2 Å². The van der Waals surface area contributed by atoms with Crippen molar-refractivity contribution in [1.29, 1.82) is 0 Å². The summed E-state index contributed by atoms with van der Waals surface area (Å²) in [6.07, 6.45) is 2.18. The summed E-state index contributed by atoms with van der Waals surface area (Å²) in [5.41, 5.74) is 8.05. The van der Waals surface area contributed by atoms with Gasteiger partial charge in [0.05, 0.1) is 32.1 Å². The van der Waals surface area contributed by atoms with Crippen LogP contribution in [-0.4, -0.2) is 66.4 Å². The van der Waals surface area contributed by atoms with Crippen LogP contribution in [-0.2, 0) is 64.2 Å². The molecule has 2 aliphatic heterocycles. The number of nitrogens with zero attached hydrogens (tertiary/aromatic N) is 4. The molecule has 0 aromatic heterocycles. The number of hydrogen-bond donors (Lipinski definition) is 0. The third-order valence-electron chi connectivity index (χ3n) is 6.82. The molecule has 4 rings (SSSR count). The Hall–Kier alpha value is -2.06. The number of hydrogen-bond acceptors (Lipinski definition) is 8. The zero-order valence-electron chi connectivity index (χ0n) is 29.6. The van der Waals surface area contributed by atoms with E-state index in [1.165, 1.54) is 0 Å². The van der Waals surface area contributed by atoms with Crippen LogP contribution in [0, 0.1) is 71.2 Å². The van der Waals surface area contributed by atoms with E-state index in [1.807, 2.05) is 67.5 Å². The van der Waals surface area contributed by atoms with Crippen LogP contribution in [0.3, 0.4) is 0 Å². The summed E-state index contributed by atoms with van der Waals surface area (Å²) in [5, 5.41) is 0. The zero-order valence-corrected chi connectivity index (χ0v) is 33.8. The second-order valence-corrected chi connectivity index (χ2v) is 13.8. The number of aliphatic imine (C=N–C) groups is 2. The van der Waals surface area contributed by atoms with E-state index in [2.05, 4.69) is 19.4 Å². The van der Waals surface area contributed by atoms with Gasteiger partial charge < -0.3 is 48.6 Å². The van der Waals surface area contributed by atoms with Crippen molar-refractivity contribution in [2.24, 2.45) is 9.98 Å². The van der Waals surface area contributed by atoms with Crippen LogP contribution < -0.4 is 0 Å². The summed E-state index contributed by atoms with van der Waals surface area (Å²) >= 11 is 0. The van der Waals surface area contributed by atoms with Crippen molar-refractivity contribution < 1.29 is 61.0 Å². The maximum Gasteiger partial charge on any atom is 3.00 e. The first kappa shape index (κ1) is 54.4. The van der Waals surface area contributed by atoms with Gasteiger partial charge in [0.1, 0.15) is 13.2 Å². The van der Waals surface area contributed by atoms with Crippen LogP contribution in [0.5, 0.6) is 0 Å². The van der Waals surface area contributed by atoms with E-state index in [4.69, 9.17) is 9.47 Å². The minimum Gasteiger partial charge on any atom is -0.576 e. The molecule has 0 bridgehead atoms. The second-order valence-electron chi connectivity index (χ2n) is 10.5. The molecule has 2 aliphatic rings. The SMILES string of the molecule is C.Cc1cc(C2=N[C@@H](C)CO2)c([N-]S(C)(=O)=O)c(C)c1C.Cc1cc(C2=N[C@H](C)CO2)c([N-]S(C)(=O)=O)c(C)c1C.[CH3-].[CH3-].[CH3-].[CH3-].[Cr+3].[Cr+3]. The van der Waals surface area contributed by atoms with Gasteiger partial charge in [0.25, 0.3) is 0 Å². The third kappa shape index (κ3) is 14.1. The maximum atomic E-state index is 11.5. The molecule has 0 saturated carbocycles. The minimum absolute atomic E-state index is 0. The molecule has 0 aliphatic carbocycles. The van der Waals surface area contributed by atoms with Crippen LogP contribution >= 0.6 is 0 Å². The Kier molecular flexibility index (Phi) is 24.4. The van der Waals surface area contributed by atoms with Gasteiger partial charge in [-0.25, -0.2) is 26.8 Å². The van der Waals surface area contributed by atoms with Gasteiger partial charge in [0.2, 0.25) is 11.8 Å². The molecule has 2 heterocycles. The molecule has 0 unspecified atom stereocenters. The fraction of sp³-hybridized carbons (Fsp3) is 0.455. The molecule has 2 aromatic carbocycles. The molecule has 0 amide bonds. The number of benzene rings is 2. The number of ether oxygens (including phenoxy) is 2. The van der Waals surface area contributed by atoms with Gasteiger partial charge in [-0.1, -0.05) is 18.6 Å². The van der Waals surface area contributed by atoms with E-state index < -0.39 is 20.0 Å². The van der Waals surface area contributed by atoms with Crippen molar-refractivity contribution in [3.8, 4) is 0 Å². The maximum absolute atomic E-state index is 11.5. The average Bonchev–Trinajstić information content (AvgIpc) is 3.46. The summed E-state index contributed by atoms with van der Waals surface area (Å²) in [6, 6.07) is 3.95. The molecule has 2 radical (unpaired) electrons. The van der Waals surface area contributed by atoms with Crippen molar-refractivity contribution in [3.63, 3.8) is 0 Å². The van der Waals surface area contributed by atoms with Crippen LogP contribution in [0.25, 0.3) is 9.44 Å². The third-order valence-corrected chi connectivity index (χ3v) is 7.85.